The number of benzene rings is 1. The van der Waals surface area contributed by atoms with E-state index in [0.717, 1.165) is 0 Å². The quantitative estimate of drug-likeness (QED) is 0.140. The Balaban J connectivity index is 1.54. The number of nitro benzene ring substituents is 1. The van der Waals surface area contributed by atoms with Gasteiger partial charge in [0, 0.05) is 12.1 Å². The summed E-state index contributed by atoms with van der Waals surface area (Å²) in [6, 6.07) is 4.90. The van der Waals surface area contributed by atoms with Gasteiger partial charge >= 0.3 is 0 Å². The van der Waals surface area contributed by atoms with Crippen LogP contribution in [0.4, 0.5) is 5.69 Å². The predicted molar refractivity (Wildman–Crippen MR) is 100 cm³/mol. The molecule has 2 aliphatic rings. The molecular formula is C18H25NO13. The van der Waals surface area contributed by atoms with Gasteiger partial charge in [0.2, 0.25) is 6.29 Å². The van der Waals surface area contributed by atoms with E-state index >= 15 is 0 Å². The summed E-state index contributed by atoms with van der Waals surface area (Å²) >= 11 is 0. The molecule has 3 rings (SSSR count). The molecule has 7 N–H and O–H groups in total. The minimum absolute atomic E-state index is 0.114. The maximum atomic E-state index is 10.7. The van der Waals surface area contributed by atoms with Gasteiger partial charge < -0.3 is 54.7 Å². The standard InChI is InChI=1S/C18H25NO13/c20-5-9(21)15-11(23)13(25)17(31-15)29-6-10(22)16-12(24)14(26)18(32-16)30-8-3-1-7(2-4-8)19(27)28/h1-4,9-18,20-26H,5-6H2/t9-,10-,11-,12-,13-,14-,15+,16+,17-,18-/m1/s1. The highest BCUT2D eigenvalue weighted by Gasteiger charge is 2.49. The Morgan fingerprint density at radius 3 is 2.00 bits per heavy atom. The molecule has 14 nitrogen and oxygen atoms in total. The van der Waals surface area contributed by atoms with E-state index in [1.807, 2.05) is 0 Å². The number of ether oxygens (including phenoxy) is 4. The highest BCUT2D eigenvalue weighted by Crippen LogP contribution is 2.29. The maximum Gasteiger partial charge on any atom is 0.269 e. The summed E-state index contributed by atoms with van der Waals surface area (Å²) in [4.78, 5) is 10.1. The number of nitro groups is 1. The van der Waals surface area contributed by atoms with Crippen LogP contribution in [-0.2, 0) is 14.2 Å². The third-order valence-electron chi connectivity index (χ3n) is 5.19. The van der Waals surface area contributed by atoms with Crippen molar-refractivity contribution >= 4 is 5.69 Å². The van der Waals surface area contributed by atoms with Gasteiger partial charge in [0.05, 0.1) is 18.1 Å². The molecule has 0 radical (unpaired) electrons. The van der Waals surface area contributed by atoms with Gasteiger partial charge in [-0.2, -0.15) is 0 Å². The van der Waals surface area contributed by atoms with Gasteiger partial charge in [-0.3, -0.25) is 10.1 Å². The Bertz CT molecular complexity index is 764. The molecule has 0 bridgehead atoms. The van der Waals surface area contributed by atoms with Crippen LogP contribution in [-0.4, -0.2) is 115 Å². The molecule has 0 amide bonds. The third kappa shape index (κ3) is 5.15. The molecule has 0 aliphatic carbocycles. The Labute approximate surface area is 180 Å². The average molecular weight is 463 g/mol. The summed E-state index contributed by atoms with van der Waals surface area (Å²) in [5.41, 5.74) is -0.175. The number of aliphatic hydroxyl groups excluding tert-OH is 7. The van der Waals surface area contributed by atoms with E-state index in [0.29, 0.717) is 0 Å². The van der Waals surface area contributed by atoms with Crippen LogP contribution < -0.4 is 4.74 Å². The van der Waals surface area contributed by atoms with Gasteiger partial charge in [-0.25, -0.2) is 0 Å². The van der Waals surface area contributed by atoms with Crippen molar-refractivity contribution < 1.29 is 59.6 Å². The van der Waals surface area contributed by atoms with E-state index in [1.165, 1.54) is 24.3 Å². The van der Waals surface area contributed by atoms with Crippen LogP contribution in [0, 0.1) is 10.1 Å². The van der Waals surface area contributed by atoms with Gasteiger partial charge in [-0.15, -0.1) is 0 Å². The summed E-state index contributed by atoms with van der Waals surface area (Å²) in [6.45, 7) is -1.28. The second-order valence-electron chi connectivity index (χ2n) is 7.42. The van der Waals surface area contributed by atoms with Crippen molar-refractivity contribution in [3.05, 3.63) is 34.4 Å². The fourth-order valence-electron chi connectivity index (χ4n) is 3.39. The zero-order valence-electron chi connectivity index (χ0n) is 16.5. The van der Waals surface area contributed by atoms with E-state index < -0.39 is 79.5 Å². The smallest absolute Gasteiger partial charge is 0.269 e. The van der Waals surface area contributed by atoms with Crippen LogP contribution >= 0.6 is 0 Å². The van der Waals surface area contributed by atoms with Crippen molar-refractivity contribution in [3.8, 4) is 5.75 Å². The molecule has 2 heterocycles. The number of nitrogens with zero attached hydrogens (tertiary/aromatic N) is 1. The highest BCUT2D eigenvalue weighted by atomic mass is 16.7. The van der Waals surface area contributed by atoms with Crippen LogP contribution in [0.3, 0.4) is 0 Å². The van der Waals surface area contributed by atoms with Crippen molar-refractivity contribution in [2.24, 2.45) is 0 Å². The predicted octanol–water partition coefficient (Wildman–Crippen LogP) is -3.40. The topological polar surface area (TPSA) is 222 Å². The van der Waals surface area contributed by atoms with Crippen LogP contribution in [0.1, 0.15) is 0 Å². The molecule has 1 aromatic carbocycles. The molecule has 2 saturated heterocycles. The lowest BCUT2D eigenvalue weighted by Crippen LogP contribution is -2.43. The van der Waals surface area contributed by atoms with Crippen molar-refractivity contribution in [1.82, 2.24) is 0 Å². The van der Waals surface area contributed by atoms with Gasteiger partial charge in [-0.1, -0.05) is 0 Å². The summed E-state index contributed by atoms with van der Waals surface area (Å²) < 4.78 is 21.1. The molecule has 1 aromatic rings. The summed E-state index contributed by atoms with van der Waals surface area (Å²) in [6.07, 6.45) is -14.8. The van der Waals surface area contributed by atoms with Crippen molar-refractivity contribution in [3.63, 3.8) is 0 Å². The number of rotatable bonds is 9. The van der Waals surface area contributed by atoms with Crippen LogP contribution in [0.2, 0.25) is 0 Å². The van der Waals surface area contributed by atoms with Crippen molar-refractivity contribution in [2.75, 3.05) is 13.2 Å². The zero-order valence-corrected chi connectivity index (χ0v) is 16.5. The highest BCUT2D eigenvalue weighted by molar-refractivity contribution is 5.36. The second kappa shape index (κ2) is 10.3. The van der Waals surface area contributed by atoms with Crippen molar-refractivity contribution in [1.29, 1.82) is 0 Å². The number of hydrogen-bond donors (Lipinski definition) is 7. The average Bonchev–Trinajstić information content (AvgIpc) is 3.22. The van der Waals surface area contributed by atoms with Crippen LogP contribution in [0.15, 0.2) is 24.3 Å². The molecule has 2 fully saturated rings. The molecule has 2 aliphatic heterocycles. The summed E-state index contributed by atoms with van der Waals surface area (Å²) in [7, 11) is 0. The molecular weight excluding hydrogens is 438 g/mol. The molecule has 10 atom stereocenters. The zero-order chi connectivity index (χ0) is 23.6. The largest absolute Gasteiger partial charge is 0.462 e. The first kappa shape index (κ1) is 24.7. The van der Waals surface area contributed by atoms with E-state index in [9.17, 15) is 40.8 Å². The Morgan fingerprint density at radius 2 is 1.44 bits per heavy atom. The molecule has 14 heteroatoms. The number of non-ortho nitro benzene ring substituents is 1. The van der Waals surface area contributed by atoms with E-state index in [2.05, 4.69) is 0 Å². The second-order valence-corrected chi connectivity index (χ2v) is 7.42. The molecule has 0 unspecified atom stereocenters. The maximum absolute atomic E-state index is 10.7. The number of hydrogen-bond acceptors (Lipinski definition) is 13. The first-order valence-corrected chi connectivity index (χ1v) is 9.67. The minimum Gasteiger partial charge on any atom is -0.462 e. The van der Waals surface area contributed by atoms with E-state index in [4.69, 9.17) is 24.1 Å². The summed E-state index contributed by atoms with van der Waals surface area (Å²) in [5.74, 6) is 0.114. The molecule has 0 saturated carbocycles. The fraction of sp³-hybridized carbons (Fsp3) is 0.667. The Kier molecular flexibility index (Phi) is 7.94. The molecule has 0 spiro atoms. The van der Waals surface area contributed by atoms with Gasteiger partial charge in [0.25, 0.3) is 5.69 Å². The lowest BCUT2D eigenvalue weighted by molar-refractivity contribution is -0.384. The van der Waals surface area contributed by atoms with E-state index in [-0.39, 0.29) is 11.4 Å². The van der Waals surface area contributed by atoms with Gasteiger partial charge in [0.15, 0.2) is 6.29 Å². The Morgan fingerprint density at radius 1 is 0.906 bits per heavy atom. The fourth-order valence-corrected chi connectivity index (χ4v) is 3.39. The number of aliphatic hydroxyl groups is 7. The SMILES string of the molecule is O=[N+]([O-])c1ccc(O[C@@H]2O[C@@H]([C@H](O)CO[C@@H]3O[C@@H]([C@H](O)CO)[C@H](O)[C@H]3O)[C@H](O)[C@H]2O)cc1. The van der Waals surface area contributed by atoms with Crippen molar-refractivity contribution in [2.45, 2.75) is 61.4 Å². The normalized spacial score (nSPS) is 36.7. The van der Waals surface area contributed by atoms with E-state index in [1.54, 1.807) is 0 Å². The Hall–Kier alpha value is -1.98. The van der Waals surface area contributed by atoms with Gasteiger partial charge in [-0.05, 0) is 12.1 Å². The lowest BCUT2D eigenvalue weighted by atomic mass is 10.1. The van der Waals surface area contributed by atoms with Gasteiger partial charge in [0.1, 0.15) is 54.6 Å². The van der Waals surface area contributed by atoms with Crippen LogP contribution in [0.5, 0.6) is 5.75 Å². The first-order valence-electron chi connectivity index (χ1n) is 9.67. The monoisotopic (exact) mass is 463 g/mol. The van der Waals surface area contributed by atoms with Crippen LogP contribution in [0.25, 0.3) is 0 Å². The minimum atomic E-state index is -1.58. The third-order valence-corrected chi connectivity index (χ3v) is 5.19. The first-order chi connectivity index (χ1) is 15.1. The lowest BCUT2D eigenvalue weighted by Gasteiger charge is -2.23. The molecule has 0 aromatic heterocycles. The summed E-state index contributed by atoms with van der Waals surface area (Å²) in [5, 5.41) is 79.7. The molecule has 180 valence electrons. The molecule has 32 heavy (non-hydrogen) atoms.